The quantitative estimate of drug-likeness (QED) is 0.473. The molecule has 1 fully saturated rings. The van der Waals surface area contributed by atoms with E-state index in [2.05, 4.69) is 39.0 Å². The molecule has 1 aromatic carbocycles. The van der Waals surface area contributed by atoms with Crippen LogP contribution in [-0.4, -0.2) is 70.6 Å². The summed E-state index contributed by atoms with van der Waals surface area (Å²) in [5, 5.41) is 3.30. The van der Waals surface area contributed by atoms with E-state index in [9.17, 15) is 4.39 Å². The molecule has 0 spiro atoms. The van der Waals surface area contributed by atoms with Crippen LogP contribution in [-0.2, 0) is 9.47 Å². The number of nitrogens with one attached hydrogen (secondary N) is 2. The number of nitrogens with zero attached hydrogens (tertiary/aromatic N) is 5. The van der Waals surface area contributed by atoms with Crippen molar-refractivity contribution in [1.82, 2.24) is 24.8 Å². The highest BCUT2D eigenvalue weighted by Crippen LogP contribution is 2.35. The van der Waals surface area contributed by atoms with Gasteiger partial charge < -0.3 is 19.8 Å². The van der Waals surface area contributed by atoms with Gasteiger partial charge >= 0.3 is 0 Å². The van der Waals surface area contributed by atoms with Crippen molar-refractivity contribution in [2.24, 2.45) is 10.4 Å². The molecule has 0 saturated carbocycles. The second kappa shape index (κ2) is 10.2. The zero-order valence-electron chi connectivity index (χ0n) is 20.0. The normalized spacial score (nSPS) is 18.3. The number of rotatable bonds is 8. The first-order valence-corrected chi connectivity index (χ1v) is 11.8. The number of benzene rings is 1. The average Bonchev–Trinajstić information content (AvgIpc) is 3.53. The molecule has 2 N–H and O–H groups in total. The summed E-state index contributed by atoms with van der Waals surface area (Å²) in [5.41, 5.74) is 2.73. The van der Waals surface area contributed by atoms with E-state index in [0.717, 1.165) is 38.3 Å². The lowest BCUT2D eigenvalue weighted by atomic mass is 9.96. The SMILES string of the molecule is CC1(C)COC(c2nc(-c3ccc(F)cc3)c(-c3ccnc(NCCCN4CC=NC4)n3)[nH]2)OC1. The Hall–Kier alpha value is -3.21. The van der Waals surface area contributed by atoms with Gasteiger partial charge in [0.2, 0.25) is 12.2 Å². The summed E-state index contributed by atoms with van der Waals surface area (Å²) in [6.45, 7) is 8.69. The van der Waals surface area contributed by atoms with Gasteiger partial charge in [-0.2, -0.15) is 0 Å². The van der Waals surface area contributed by atoms with Crippen LogP contribution < -0.4 is 5.32 Å². The maximum absolute atomic E-state index is 13.6. The number of anilines is 1. The van der Waals surface area contributed by atoms with Crippen LogP contribution in [0, 0.1) is 11.2 Å². The zero-order chi connectivity index (χ0) is 24.3. The summed E-state index contributed by atoms with van der Waals surface area (Å²) in [6.07, 6.45) is 4.01. The molecule has 5 rings (SSSR count). The summed E-state index contributed by atoms with van der Waals surface area (Å²) < 4.78 is 25.5. The van der Waals surface area contributed by atoms with Gasteiger partial charge in [0.1, 0.15) is 5.82 Å². The van der Waals surface area contributed by atoms with Gasteiger partial charge in [-0.1, -0.05) is 13.8 Å². The van der Waals surface area contributed by atoms with Crippen LogP contribution >= 0.6 is 0 Å². The molecule has 0 aliphatic carbocycles. The van der Waals surface area contributed by atoms with Crippen molar-refractivity contribution >= 4 is 12.2 Å². The molecule has 0 unspecified atom stereocenters. The molecule has 9 nitrogen and oxygen atoms in total. The minimum absolute atomic E-state index is 0.0548. The molecule has 2 aromatic heterocycles. The van der Waals surface area contributed by atoms with Gasteiger partial charge in [-0.3, -0.25) is 9.89 Å². The second-order valence-corrected chi connectivity index (χ2v) is 9.60. The molecule has 184 valence electrons. The Bertz CT molecular complexity index is 1160. The number of hydrogen-bond acceptors (Lipinski definition) is 8. The minimum Gasteiger partial charge on any atom is -0.354 e. The molecule has 0 bridgehead atoms. The van der Waals surface area contributed by atoms with E-state index in [1.54, 1.807) is 18.3 Å². The lowest BCUT2D eigenvalue weighted by molar-refractivity contribution is -0.229. The van der Waals surface area contributed by atoms with Gasteiger partial charge in [0.05, 0.1) is 37.0 Å². The number of H-pyrrole nitrogens is 1. The Morgan fingerprint density at radius 3 is 2.69 bits per heavy atom. The van der Waals surface area contributed by atoms with Gasteiger partial charge in [-0.05, 0) is 36.8 Å². The molecule has 35 heavy (non-hydrogen) atoms. The Morgan fingerprint density at radius 2 is 1.94 bits per heavy atom. The van der Waals surface area contributed by atoms with Crippen molar-refractivity contribution in [2.45, 2.75) is 26.6 Å². The molecule has 3 aromatic rings. The molecular weight excluding hydrogens is 449 g/mol. The molecule has 4 heterocycles. The van der Waals surface area contributed by atoms with Crippen LogP contribution in [0.4, 0.5) is 10.3 Å². The van der Waals surface area contributed by atoms with Crippen molar-refractivity contribution < 1.29 is 13.9 Å². The lowest BCUT2D eigenvalue weighted by Crippen LogP contribution is -2.34. The van der Waals surface area contributed by atoms with Gasteiger partial charge in [-0.15, -0.1) is 0 Å². The first kappa shape index (κ1) is 23.5. The predicted molar refractivity (Wildman–Crippen MR) is 131 cm³/mol. The fourth-order valence-corrected chi connectivity index (χ4v) is 4.01. The summed E-state index contributed by atoms with van der Waals surface area (Å²) in [5.74, 6) is 0.783. The molecule has 0 atom stereocenters. The van der Waals surface area contributed by atoms with E-state index in [-0.39, 0.29) is 11.2 Å². The van der Waals surface area contributed by atoms with Crippen molar-refractivity contribution in [3.8, 4) is 22.6 Å². The number of imidazole rings is 1. The summed E-state index contributed by atoms with van der Waals surface area (Å²) in [6, 6.07) is 8.06. The number of ether oxygens (including phenoxy) is 2. The fraction of sp³-hybridized carbons (Fsp3) is 0.440. The number of halogens is 1. The Morgan fingerprint density at radius 1 is 1.14 bits per heavy atom. The standard InChI is InChI=1S/C25H30FN7O2/c1-25(2)14-34-23(35-15-25)22-31-20(17-4-6-18(26)7-5-17)21(32-22)19-8-10-29-24(30-19)28-9-3-12-33-13-11-27-16-33/h4-8,10-11,23H,3,9,12-16H2,1-2H3,(H,31,32)(H,28,29,30). The first-order valence-electron chi connectivity index (χ1n) is 11.8. The highest BCUT2D eigenvalue weighted by Gasteiger charge is 2.32. The third kappa shape index (κ3) is 5.72. The third-order valence-corrected chi connectivity index (χ3v) is 5.91. The van der Waals surface area contributed by atoms with E-state index in [0.29, 0.717) is 42.1 Å². The van der Waals surface area contributed by atoms with Crippen LogP contribution in [0.1, 0.15) is 32.4 Å². The average molecular weight is 480 g/mol. The fourth-order valence-electron chi connectivity index (χ4n) is 4.01. The maximum Gasteiger partial charge on any atom is 0.223 e. The topological polar surface area (TPSA) is 101 Å². The van der Waals surface area contributed by atoms with E-state index in [1.807, 2.05) is 12.3 Å². The van der Waals surface area contributed by atoms with Crippen LogP contribution in [0.15, 0.2) is 41.5 Å². The number of aliphatic imine (C=N–C) groups is 1. The van der Waals surface area contributed by atoms with E-state index in [1.165, 1.54) is 12.1 Å². The number of aromatic nitrogens is 4. The molecule has 10 heteroatoms. The Kier molecular flexibility index (Phi) is 6.85. The largest absolute Gasteiger partial charge is 0.354 e. The summed E-state index contributed by atoms with van der Waals surface area (Å²) in [4.78, 5) is 23.7. The van der Waals surface area contributed by atoms with E-state index >= 15 is 0 Å². The minimum atomic E-state index is -0.607. The van der Waals surface area contributed by atoms with Crippen LogP contribution in [0.5, 0.6) is 0 Å². The van der Waals surface area contributed by atoms with Gasteiger partial charge in [0.15, 0.2) is 5.82 Å². The Labute approximate surface area is 203 Å². The Balaban J connectivity index is 1.37. The lowest BCUT2D eigenvalue weighted by Gasteiger charge is -2.33. The summed E-state index contributed by atoms with van der Waals surface area (Å²) >= 11 is 0. The number of aromatic amines is 1. The highest BCUT2D eigenvalue weighted by molar-refractivity contribution is 5.77. The third-order valence-electron chi connectivity index (χ3n) is 5.91. The van der Waals surface area contributed by atoms with Crippen molar-refractivity contribution in [1.29, 1.82) is 0 Å². The molecule has 2 aliphatic rings. The smallest absolute Gasteiger partial charge is 0.223 e. The monoisotopic (exact) mass is 479 g/mol. The second-order valence-electron chi connectivity index (χ2n) is 9.60. The zero-order valence-corrected chi connectivity index (χ0v) is 20.0. The van der Waals surface area contributed by atoms with Crippen LogP contribution in [0.3, 0.4) is 0 Å². The molecular formula is C25H30FN7O2. The first-order chi connectivity index (χ1) is 17.0. The van der Waals surface area contributed by atoms with E-state index in [4.69, 9.17) is 19.4 Å². The van der Waals surface area contributed by atoms with Crippen LogP contribution in [0.2, 0.25) is 0 Å². The highest BCUT2D eigenvalue weighted by atomic mass is 19.1. The van der Waals surface area contributed by atoms with Gasteiger partial charge in [0.25, 0.3) is 0 Å². The molecule has 0 radical (unpaired) electrons. The molecule has 1 saturated heterocycles. The van der Waals surface area contributed by atoms with Crippen molar-refractivity contribution in [3.63, 3.8) is 0 Å². The number of hydrogen-bond donors (Lipinski definition) is 2. The molecule has 2 aliphatic heterocycles. The van der Waals surface area contributed by atoms with Crippen molar-refractivity contribution in [3.05, 3.63) is 48.2 Å². The van der Waals surface area contributed by atoms with Crippen molar-refractivity contribution in [2.75, 3.05) is 44.8 Å². The predicted octanol–water partition coefficient (Wildman–Crippen LogP) is 3.89. The van der Waals surface area contributed by atoms with Crippen LogP contribution in [0.25, 0.3) is 22.6 Å². The van der Waals surface area contributed by atoms with Gasteiger partial charge in [0, 0.05) is 43.0 Å². The summed E-state index contributed by atoms with van der Waals surface area (Å²) in [7, 11) is 0. The maximum atomic E-state index is 13.6. The van der Waals surface area contributed by atoms with E-state index < -0.39 is 6.29 Å². The molecule has 0 amide bonds. The van der Waals surface area contributed by atoms with Gasteiger partial charge in [-0.25, -0.2) is 19.3 Å².